The van der Waals surface area contributed by atoms with Crippen molar-refractivity contribution in [3.63, 3.8) is 0 Å². The number of nitrogens with one attached hydrogen (secondary N) is 1. The topological polar surface area (TPSA) is 82.8 Å². The lowest BCUT2D eigenvalue weighted by Gasteiger charge is -2.15. The van der Waals surface area contributed by atoms with E-state index in [-0.39, 0.29) is 18.9 Å². The van der Waals surface area contributed by atoms with Crippen LogP contribution in [0.1, 0.15) is 12.0 Å². The molecule has 0 bridgehead atoms. The number of methoxy groups -OCH3 is 2. The van der Waals surface area contributed by atoms with Crippen LogP contribution in [0.25, 0.3) is 0 Å². The average Bonchev–Trinajstić information content (AvgIpc) is 2.47. The van der Waals surface area contributed by atoms with E-state index >= 15 is 0 Å². The second-order valence-corrected chi connectivity index (χ2v) is 4.14. The first-order chi connectivity index (χ1) is 9.65. The Labute approximate surface area is 119 Å². The maximum atomic E-state index is 11.2. The summed E-state index contributed by atoms with van der Waals surface area (Å²) in [6, 6.07) is 3.73. The highest BCUT2D eigenvalue weighted by Crippen LogP contribution is 2.38. The van der Waals surface area contributed by atoms with Crippen LogP contribution in [0.4, 0.5) is 0 Å². The van der Waals surface area contributed by atoms with Crippen LogP contribution < -0.4 is 25.3 Å². The number of carbonyl (C=O) groups is 1. The number of rotatable bonds is 8. The Balaban J connectivity index is 2.89. The number of hydrogen-bond donors (Lipinski definition) is 2. The van der Waals surface area contributed by atoms with Crippen molar-refractivity contribution in [2.24, 2.45) is 5.73 Å². The third-order valence-corrected chi connectivity index (χ3v) is 2.81. The van der Waals surface area contributed by atoms with E-state index in [2.05, 4.69) is 5.32 Å². The quantitative estimate of drug-likeness (QED) is 0.734. The van der Waals surface area contributed by atoms with E-state index < -0.39 is 0 Å². The van der Waals surface area contributed by atoms with Crippen LogP contribution in [-0.4, -0.2) is 40.3 Å². The summed E-state index contributed by atoms with van der Waals surface area (Å²) in [5.74, 6) is 1.57. The summed E-state index contributed by atoms with van der Waals surface area (Å²) in [7, 11) is 4.71. The molecule has 0 saturated heterocycles. The maximum absolute atomic E-state index is 11.2. The van der Waals surface area contributed by atoms with Gasteiger partial charge >= 0.3 is 0 Å². The van der Waals surface area contributed by atoms with Gasteiger partial charge in [0.15, 0.2) is 11.5 Å². The molecule has 1 aromatic rings. The molecule has 0 aliphatic carbocycles. The van der Waals surface area contributed by atoms with Gasteiger partial charge in [-0.15, -0.1) is 0 Å². The molecule has 0 aliphatic heterocycles. The van der Waals surface area contributed by atoms with Crippen LogP contribution >= 0.6 is 0 Å². The number of benzene rings is 1. The summed E-state index contributed by atoms with van der Waals surface area (Å²) in [6.45, 7) is 0.797. The summed E-state index contributed by atoms with van der Waals surface area (Å²) in [5, 5.41) is 2.54. The van der Waals surface area contributed by atoms with Gasteiger partial charge in [0.1, 0.15) is 0 Å². The third-order valence-electron chi connectivity index (χ3n) is 2.81. The molecule has 1 rings (SSSR count). The first-order valence-electron chi connectivity index (χ1n) is 6.44. The summed E-state index contributed by atoms with van der Waals surface area (Å²) < 4.78 is 16.2. The van der Waals surface area contributed by atoms with E-state index in [9.17, 15) is 4.79 Å². The summed E-state index contributed by atoms with van der Waals surface area (Å²) in [6.07, 6.45) is 0.999. The van der Waals surface area contributed by atoms with Gasteiger partial charge in [0.25, 0.3) is 0 Å². The first-order valence-corrected chi connectivity index (χ1v) is 6.44. The molecule has 0 aromatic heterocycles. The van der Waals surface area contributed by atoms with E-state index in [0.29, 0.717) is 23.8 Å². The predicted molar refractivity (Wildman–Crippen MR) is 76.5 cm³/mol. The Morgan fingerprint density at radius 3 is 2.30 bits per heavy atom. The van der Waals surface area contributed by atoms with Gasteiger partial charge in [-0.25, -0.2) is 0 Å². The van der Waals surface area contributed by atoms with Gasteiger partial charge in [-0.2, -0.15) is 0 Å². The molecule has 1 aromatic carbocycles. The molecule has 0 aliphatic rings. The first kappa shape index (κ1) is 16.1. The van der Waals surface area contributed by atoms with Crippen LogP contribution in [0.15, 0.2) is 12.1 Å². The van der Waals surface area contributed by atoms with Crippen molar-refractivity contribution >= 4 is 5.91 Å². The molecule has 0 spiro atoms. The maximum Gasteiger partial charge on any atom is 0.223 e. The third kappa shape index (κ3) is 4.31. The molecule has 112 valence electrons. The minimum atomic E-state index is -0.0808. The van der Waals surface area contributed by atoms with E-state index in [0.717, 1.165) is 12.0 Å². The van der Waals surface area contributed by atoms with Gasteiger partial charge < -0.3 is 25.3 Å². The molecule has 0 fully saturated rings. The second kappa shape index (κ2) is 8.27. The zero-order valence-corrected chi connectivity index (χ0v) is 12.2. The van der Waals surface area contributed by atoms with Gasteiger partial charge in [-0.1, -0.05) is 0 Å². The predicted octanol–water partition coefficient (Wildman–Crippen LogP) is 0.720. The largest absolute Gasteiger partial charge is 0.493 e. The summed E-state index contributed by atoms with van der Waals surface area (Å²) >= 11 is 0. The summed E-state index contributed by atoms with van der Waals surface area (Å²) in [5.41, 5.74) is 6.57. The average molecular weight is 282 g/mol. The lowest BCUT2D eigenvalue weighted by atomic mass is 10.1. The smallest absolute Gasteiger partial charge is 0.223 e. The van der Waals surface area contributed by atoms with Gasteiger partial charge in [0.05, 0.1) is 27.2 Å². The lowest BCUT2D eigenvalue weighted by molar-refractivity contribution is -0.121. The number of carbonyl (C=O) groups excluding carboxylic acids is 1. The molecular formula is C14H22N2O4. The fourth-order valence-electron chi connectivity index (χ4n) is 1.76. The highest BCUT2D eigenvalue weighted by atomic mass is 16.5. The highest BCUT2D eigenvalue weighted by molar-refractivity contribution is 5.75. The molecule has 0 radical (unpaired) electrons. The van der Waals surface area contributed by atoms with E-state index in [1.807, 2.05) is 12.1 Å². The lowest BCUT2D eigenvalue weighted by Crippen LogP contribution is -2.20. The minimum Gasteiger partial charge on any atom is -0.493 e. The van der Waals surface area contributed by atoms with E-state index in [1.165, 1.54) is 0 Å². The van der Waals surface area contributed by atoms with Gasteiger partial charge in [0.2, 0.25) is 11.7 Å². The van der Waals surface area contributed by atoms with Crippen LogP contribution in [0.5, 0.6) is 17.2 Å². The van der Waals surface area contributed by atoms with E-state index in [4.69, 9.17) is 19.9 Å². The molecule has 0 unspecified atom stereocenters. The van der Waals surface area contributed by atoms with Crippen LogP contribution in [0.3, 0.4) is 0 Å². The van der Waals surface area contributed by atoms with Crippen molar-refractivity contribution in [3.8, 4) is 17.2 Å². The Bertz CT molecular complexity index is 424. The van der Waals surface area contributed by atoms with E-state index in [1.54, 1.807) is 21.3 Å². The Hall–Kier alpha value is -1.95. The van der Waals surface area contributed by atoms with Crippen molar-refractivity contribution in [1.29, 1.82) is 0 Å². The molecule has 20 heavy (non-hydrogen) atoms. The molecule has 6 nitrogen and oxygen atoms in total. The molecule has 0 atom stereocenters. The van der Waals surface area contributed by atoms with Gasteiger partial charge in [-0.05, 0) is 30.7 Å². The number of nitrogens with two attached hydrogens (primary N) is 1. The molecule has 3 N–H and O–H groups in total. The molecule has 1 amide bonds. The minimum absolute atomic E-state index is 0.0808. The summed E-state index contributed by atoms with van der Waals surface area (Å²) in [4.78, 5) is 11.2. The van der Waals surface area contributed by atoms with Crippen molar-refractivity contribution in [2.45, 2.75) is 12.8 Å². The fourth-order valence-corrected chi connectivity index (χ4v) is 1.76. The zero-order valence-electron chi connectivity index (χ0n) is 12.2. The van der Waals surface area contributed by atoms with Gasteiger partial charge in [-0.3, -0.25) is 4.79 Å². The zero-order chi connectivity index (χ0) is 15.0. The van der Waals surface area contributed by atoms with Gasteiger partial charge in [0, 0.05) is 7.05 Å². The second-order valence-electron chi connectivity index (χ2n) is 4.14. The van der Waals surface area contributed by atoms with Crippen molar-refractivity contribution in [1.82, 2.24) is 5.32 Å². The normalized spacial score (nSPS) is 10.0. The van der Waals surface area contributed by atoms with Crippen molar-refractivity contribution in [2.75, 3.05) is 34.4 Å². The number of hydrogen-bond acceptors (Lipinski definition) is 5. The Morgan fingerprint density at radius 2 is 1.85 bits per heavy atom. The molecule has 0 heterocycles. The van der Waals surface area contributed by atoms with Crippen LogP contribution in [0, 0.1) is 0 Å². The monoisotopic (exact) mass is 282 g/mol. The SMILES string of the molecule is CNC(=O)CCOc1c(OC)cc(CCN)cc1OC. The molecular weight excluding hydrogens is 260 g/mol. The van der Waals surface area contributed by atoms with Crippen LogP contribution in [0.2, 0.25) is 0 Å². The highest BCUT2D eigenvalue weighted by Gasteiger charge is 2.14. The Kier molecular flexibility index (Phi) is 6.66. The standard InChI is InChI=1S/C14H22N2O4/c1-16-13(17)5-7-20-14-11(18-2)8-10(4-6-15)9-12(14)19-3/h8-9H,4-7,15H2,1-3H3,(H,16,17). The molecule has 6 heteroatoms. The number of amides is 1. The Morgan fingerprint density at radius 1 is 1.25 bits per heavy atom. The van der Waals surface area contributed by atoms with Crippen LogP contribution in [-0.2, 0) is 11.2 Å². The number of ether oxygens (including phenoxy) is 3. The van der Waals surface area contributed by atoms with Crippen molar-refractivity contribution in [3.05, 3.63) is 17.7 Å². The fraction of sp³-hybridized carbons (Fsp3) is 0.500. The molecule has 0 saturated carbocycles. The van der Waals surface area contributed by atoms with Crippen molar-refractivity contribution < 1.29 is 19.0 Å².